The Morgan fingerprint density at radius 2 is 2.00 bits per heavy atom. The molecule has 2 aromatic rings. The van der Waals surface area contributed by atoms with Crippen LogP contribution >= 0.6 is 34.2 Å². The molecule has 0 aromatic heterocycles. The normalized spacial score (nSPS) is 10.4. The molecule has 104 valence electrons. The van der Waals surface area contributed by atoms with Crippen molar-refractivity contribution in [3.05, 3.63) is 60.5 Å². The molecule has 0 spiro atoms. The summed E-state index contributed by atoms with van der Waals surface area (Å²) in [6, 6.07) is 9.19. The Morgan fingerprint density at radius 3 is 2.70 bits per heavy atom. The predicted molar refractivity (Wildman–Crippen MR) is 89.9 cm³/mol. The SMILES string of the molecule is Cc1cc(I)c(Cl)cc1OCc1c(C)cccc1N=O. The maximum absolute atomic E-state index is 10.8. The molecule has 0 aliphatic rings. The van der Waals surface area contributed by atoms with Crippen molar-refractivity contribution in [2.75, 3.05) is 0 Å². The molecule has 0 fully saturated rings. The summed E-state index contributed by atoms with van der Waals surface area (Å²) < 4.78 is 6.78. The van der Waals surface area contributed by atoms with E-state index in [1.54, 1.807) is 12.1 Å². The second kappa shape index (κ2) is 6.54. The fourth-order valence-electron chi connectivity index (χ4n) is 1.89. The Morgan fingerprint density at radius 1 is 1.25 bits per heavy atom. The fourth-order valence-corrected chi connectivity index (χ4v) is 2.67. The molecular weight excluding hydrogens is 389 g/mol. The first-order valence-corrected chi connectivity index (χ1v) is 7.49. The fraction of sp³-hybridized carbons (Fsp3) is 0.200. The van der Waals surface area contributed by atoms with Gasteiger partial charge in [0.05, 0.1) is 5.02 Å². The van der Waals surface area contributed by atoms with Crippen LogP contribution in [0.1, 0.15) is 16.7 Å². The average Bonchev–Trinajstić information content (AvgIpc) is 2.42. The van der Waals surface area contributed by atoms with E-state index in [1.165, 1.54) is 0 Å². The first kappa shape index (κ1) is 15.3. The van der Waals surface area contributed by atoms with Crippen molar-refractivity contribution in [1.29, 1.82) is 0 Å². The molecule has 0 saturated carbocycles. The number of aryl methyl sites for hydroxylation is 2. The highest BCUT2D eigenvalue weighted by Crippen LogP contribution is 2.30. The molecule has 0 bridgehead atoms. The summed E-state index contributed by atoms with van der Waals surface area (Å²) in [5, 5.41) is 3.70. The molecule has 0 saturated heterocycles. The van der Waals surface area contributed by atoms with Gasteiger partial charge in [-0.15, -0.1) is 4.91 Å². The van der Waals surface area contributed by atoms with Crippen molar-refractivity contribution in [2.45, 2.75) is 20.5 Å². The Labute approximate surface area is 136 Å². The van der Waals surface area contributed by atoms with E-state index in [2.05, 4.69) is 27.8 Å². The number of rotatable bonds is 4. The summed E-state index contributed by atoms with van der Waals surface area (Å²) in [4.78, 5) is 10.8. The Balaban J connectivity index is 2.25. The molecule has 0 unspecified atom stereocenters. The Bertz CT molecular complexity index is 659. The number of halogens is 2. The summed E-state index contributed by atoms with van der Waals surface area (Å²) in [6.07, 6.45) is 0. The van der Waals surface area contributed by atoms with Crippen LogP contribution in [0, 0.1) is 22.3 Å². The molecule has 0 N–H and O–H groups in total. The molecule has 5 heteroatoms. The van der Waals surface area contributed by atoms with Crippen LogP contribution in [0.15, 0.2) is 35.5 Å². The number of nitroso groups, excluding NO2 is 1. The van der Waals surface area contributed by atoms with Gasteiger partial charge >= 0.3 is 0 Å². The molecule has 0 amide bonds. The van der Waals surface area contributed by atoms with Crippen LogP contribution < -0.4 is 4.74 Å². The van der Waals surface area contributed by atoms with E-state index >= 15 is 0 Å². The third-order valence-electron chi connectivity index (χ3n) is 3.07. The minimum absolute atomic E-state index is 0.297. The van der Waals surface area contributed by atoms with Crippen LogP contribution in [0.2, 0.25) is 5.02 Å². The van der Waals surface area contributed by atoms with Gasteiger partial charge < -0.3 is 4.74 Å². The van der Waals surface area contributed by atoms with E-state index in [-0.39, 0.29) is 0 Å². The summed E-state index contributed by atoms with van der Waals surface area (Å²) in [5.41, 5.74) is 3.21. The first-order valence-electron chi connectivity index (χ1n) is 6.03. The van der Waals surface area contributed by atoms with Gasteiger partial charge in [0.25, 0.3) is 0 Å². The van der Waals surface area contributed by atoms with Crippen LogP contribution in [0.3, 0.4) is 0 Å². The summed E-state index contributed by atoms with van der Waals surface area (Å²) in [7, 11) is 0. The van der Waals surface area contributed by atoms with E-state index in [0.717, 1.165) is 26.0 Å². The third-order valence-corrected chi connectivity index (χ3v) is 4.60. The summed E-state index contributed by atoms with van der Waals surface area (Å²) >= 11 is 8.28. The number of hydrogen-bond acceptors (Lipinski definition) is 3. The molecule has 0 atom stereocenters. The predicted octanol–water partition coefficient (Wildman–Crippen LogP) is 5.54. The molecule has 3 nitrogen and oxygen atoms in total. The van der Waals surface area contributed by atoms with Gasteiger partial charge in [0, 0.05) is 15.2 Å². The van der Waals surface area contributed by atoms with Crippen molar-refractivity contribution in [3.63, 3.8) is 0 Å². The first-order chi connectivity index (χ1) is 9.52. The second-order valence-corrected chi connectivity index (χ2v) is 6.05. The lowest BCUT2D eigenvalue weighted by atomic mass is 10.1. The molecule has 0 aliphatic heterocycles. The van der Waals surface area contributed by atoms with Gasteiger partial charge in [0.2, 0.25) is 0 Å². The minimum Gasteiger partial charge on any atom is -0.488 e. The molecule has 2 rings (SSSR count). The standard InChI is InChI=1S/C15H13ClINO2/c1-9-4-3-5-14(18-19)11(9)8-20-15-7-12(16)13(17)6-10(15)2/h3-7H,8H2,1-2H3. The molecule has 2 aromatic carbocycles. The van der Waals surface area contributed by atoms with Gasteiger partial charge in [-0.1, -0.05) is 23.7 Å². The largest absolute Gasteiger partial charge is 0.488 e. The molecular formula is C15H13ClINO2. The molecule has 0 aliphatic carbocycles. The van der Waals surface area contributed by atoms with Crippen LogP contribution in [-0.4, -0.2) is 0 Å². The topological polar surface area (TPSA) is 38.7 Å². The van der Waals surface area contributed by atoms with Crippen molar-refractivity contribution < 1.29 is 4.74 Å². The van der Waals surface area contributed by atoms with Crippen molar-refractivity contribution in [3.8, 4) is 5.75 Å². The van der Waals surface area contributed by atoms with Crippen molar-refractivity contribution in [2.24, 2.45) is 5.18 Å². The Kier molecular flexibility index (Phi) is 4.99. The minimum atomic E-state index is 0.297. The zero-order chi connectivity index (χ0) is 14.7. The van der Waals surface area contributed by atoms with Gasteiger partial charge in [-0.25, -0.2) is 0 Å². The van der Waals surface area contributed by atoms with Crippen LogP contribution in [0.25, 0.3) is 0 Å². The van der Waals surface area contributed by atoms with E-state index < -0.39 is 0 Å². The highest BCUT2D eigenvalue weighted by molar-refractivity contribution is 14.1. The molecule has 0 radical (unpaired) electrons. The lowest BCUT2D eigenvalue weighted by molar-refractivity contribution is 0.304. The second-order valence-electron chi connectivity index (χ2n) is 4.48. The zero-order valence-electron chi connectivity index (χ0n) is 11.1. The van der Waals surface area contributed by atoms with Crippen molar-refractivity contribution in [1.82, 2.24) is 0 Å². The van der Waals surface area contributed by atoms with Crippen LogP contribution in [-0.2, 0) is 6.61 Å². The van der Waals surface area contributed by atoms with Gasteiger partial charge in [-0.3, -0.25) is 0 Å². The van der Waals surface area contributed by atoms with Crippen LogP contribution in [0.4, 0.5) is 5.69 Å². The maximum Gasteiger partial charge on any atom is 0.124 e. The van der Waals surface area contributed by atoms with Gasteiger partial charge in [0.1, 0.15) is 18.0 Å². The van der Waals surface area contributed by atoms with Crippen LogP contribution in [0.5, 0.6) is 5.75 Å². The molecule has 0 heterocycles. The third kappa shape index (κ3) is 3.30. The number of ether oxygens (including phenoxy) is 1. The number of benzene rings is 2. The summed E-state index contributed by atoms with van der Waals surface area (Å²) in [6.45, 7) is 4.19. The maximum atomic E-state index is 10.8. The van der Waals surface area contributed by atoms with Gasteiger partial charge in [-0.05, 0) is 64.9 Å². The Hall–Kier alpha value is -1.14. The van der Waals surface area contributed by atoms with Crippen molar-refractivity contribution >= 4 is 39.9 Å². The molecule has 20 heavy (non-hydrogen) atoms. The van der Waals surface area contributed by atoms with E-state index in [4.69, 9.17) is 16.3 Å². The highest BCUT2D eigenvalue weighted by Gasteiger charge is 2.09. The highest BCUT2D eigenvalue weighted by atomic mass is 127. The van der Waals surface area contributed by atoms with Gasteiger partial charge in [0.15, 0.2) is 0 Å². The van der Waals surface area contributed by atoms with E-state index in [0.29, 0.717) is 17.3 Å². The lowest BCUT2D eigenvalue weighted by Crippen LogP contribution is -2.00. The average molecular weight is 402 g/mol. The van der Waals surface area contributed by atoms with Gasteiger partial charge in [-0.2, -0.15) is 0 Å². The lowest BCUT2D eigenvalue weighted by Gasteiger charge is -2.13. The zero-order valence-corrected chi connectivity index (χ0v) is 14.0. The quantitative estimate of drug-likeness (QED) is 0.498. The monoisotopic (exact) mass is 401 g/mol. The van der Waals surface area contributed by atoms with E-state index in [1.807, 2.05) is 32.0 Å². The number of nitrogens with zero attached hydrogens (tertiary/aromatic N) is 1. The number of hydrogen-bond donors (Lipinski definition) is 0. The smallest absolute Gasteiger partial charge is 0.124 e. The van der Waals surface area contributed by atoms with E-state index in [9.17, 15) is 4.91 Å². The summed E-state index contributed by atoms with van der Waals surface area (Å²) in [5.74, 6) is 0.718.